The van der Waals surface area contributed by atoms with Crippen molar-refractivity contribution in [3.8, 4) is 0 Å². The molecule has 0 rings (SSSR count). The Morgan fingerprint density at radius 3 is 2.64 bits per heavy atom. The van der Waals surface area contributed by atoms with E-state index in [1.54, 1.807) is 0 Å². The highest BCUT2D eigenvalue weighted by Gasteiger charge is 2.01. The largest absolute Gasteiger partial charge is 0.463 e. The van der Waals surface area contributed by atoms with Crippen LogP contribution in [-0.2, 0) is 9.53 Å². The van der Waals surface area contributed by atoms with E-state index in [4.69, 9.17) is 4.74 Å². The monoisotopic (exact) mass is 196 g/mol. The quantitative estimate of drug-likeness (QED) is 0.355. The molecule has 0 N–H and O–H groups in total. The first-order chi connectivity index (χ1) is 6.66. The Labute approximate surface area is 86.6 Å². The highest BCUT2D eigenvalue weighted by Crippen LogP contribution is 1.99. The minimum Gasteiger partial charge on any atom is -0.463 e. The predicted molar refractivity (Wildman–Crippen MR) is 59.0 cm³/mol. The van der Waals surface area contributed by atoms with Crippen LogP contribution in [0.2, 0.25) is 0 Å². The van der Waals surface area contributed by atoms with Gasteiger partial charge in [0.05, 0.1) is 12.5 Å². The molecule has 0 amide bonds. The summed E-state index contributed by atoms with van der Waals surface area (Å²) in [6, 6.07) is 0. The molecule has 0 saturated carbocycles. The van der Waals surface area contributed by atoms with Crippen LogP contribution in [0, 0.1) is 0 Å². The van der Waals surface area contributed by atoms with Gasteiger partial charge in [-0.25, -0.2) is 0 Å². The Bertz CT molecular complexity index is 192. The van der Waals surface area contributed by atoms with Gasteiger partial charge in [0.15, 0.2) is 0 Å². The van der Waals surface area contributed by atoms with Gasteiger partial charge in [-0.05, 0) is 33.1 Å². The first kappa shape index (κ1) is 12.9. The number of esters is 1. The van der Waals surface area contributed by atoms with Crippen molar-refractivity contribution in [1.29, 1.82) is 0 Å². The molecule has 0 radical (unpaired) electrons. The third-order valence-electron chi connectivity index (χ3n) is 1.60. The summed E-state index contributed by atoms with van der Waals surface area (Å²) in [5.41, 5.74) is 0. The van der Waals surface area contributed by atoms with Gasteiger partial charge in [-0.1, -0.05) is 18.2 Å². The summed E-state index contributed by atoms with van der Waals surface area (Å²) in [7, 11) is 0. The fourth-order valence-corrected chi connectivity index (χ4v) is 0.988. The number of allylic oxidation sites excluding steroid dienone is 2. The van der Waals surface area contributed by atoms with Gasteiger partial charge < -0.3 is 4.74 Å². The molecule has 0 aromatic carbocycles. The Morgan fingerprint density at radius 2 is 2.07 bits per heavy atom. The van der Waals surface area contributed by atoms with Crippen LogP contribution in [0.4, 0.5) is 0 Å². The van der Waals surface area contributed by atoms with Gasteiger partial charge in [0, 0.05) is 0 Å². The molecule has 14 heavy (non-hydrogen) atoms. The second-order valence-corrected chi connectivity index (χ2v) is 3.43. The molecule has 0 fully saturated rings. The molecule has 2 nitrogen and oxygen atoms in total. The van der Waals surface area contributed by atoms with Gasteiger partial charge in [0.2, 0.25) is 0 Å². The maximum absolute atomic E-state index is 11.1. The Hall–Kier alpha value is -1.05. The van der Waals surface area contributed by atoms with Crippen molar-refractivity contribution in [2.45, 2.75) is 45.6 Å². The molecule has 0 aromatic heterocycles. The van der Waals surface area contributed by atoms with E-state index in [-0.39, 0.29) is 12.1 Å². The number of carbonyl (C=O) groups is 1. The van der Waals surface area contributed by atoms with E-state index in [1.165, 1.54) is 0 Å². The molecule has 0 saturated heterocycles. The van der Waals surface area contributed by atoms with E-state index in [0.29, 0.717) is 6.42 Å². The smallest absolute Gasteiger partial charge is 0.309 e. The Balaban J connectivity index is 3.41. The SMILES string of the molecule is C=CCCCC=CCC(=O)OC(C)C. The van der Waals surface area contributed by atoms with Gasteiger partial charge in [-0.15, -0.1) is 6.58 Å². The van der Waals surface area contributed by atoms with Crippen molar-refractivity contribution in [3.05, 3.63) is 24.8 Å². The third-order valence-corrected chi connectivity index (χ3v) is 1.60. The number of unbranched alkanes of at least 4 members (excludes halogenated alkanes) is 2. The van der Waals surface area contributed by atoms with Crippen molar-refractivity contribution in [3.63, 3.8) is 0 Å². The number of hydrogen-bond acceptors (Lipinski definition) is 2. The topological polar surface area (TPSA) is 26.3 Å². The van der Waals surface area contributed by atoms with Gasteiger partial charge in [-0.2, -0.15) is 0 Å². The summed E-state index contributed by atoms with van der Waals surface area (Å²) < 4.78 is 4.97. The summed E-state index contributed by atoms with van der Waals surface area (Å²) in [6.07, 6.45) is 9.28. The number of rotatable bonds is 7. The molecule has 0 aliphatic carbocycles. The van der Waals surface area contributed by atoms with Crippen LogP contribution >= 0.6 is 0 Å². The minimum absolute atomic E-state index is 0.0170. The fourth-order valence-electron chi connectivity index (χ4n) is 0.988. The maximum atomic E-state index is 11.1. The Kier molecular flexibility index (Phi) is 7.90. The first-order valence-corrected chi connectivity index (χ1v) is 5.12. The van der Waals surface area contributed by atoms with E-state index in [0.717, 1.165) is 19.3 Å². The average molecular weight is 196 g/mol. The van der Waals surface area contributed by atoms with Gasteiger partial charge >= 0.3 is 5.97 Å². The van der Waals surface area contributed by atoms with E-state index in [9.17, 15) is 4.79 Å². The summed E-state index contributed by atoms with van der Waals surface area (Å²) in [4.78, 5) is 11.1. The fraction of sp³-hybridized carbons (Fsp3) is 0.583. The van der Waals surface area contributed by atoms with Gasteiger partial charge in [0.1, 0.15) is 0 Å². The zero-order valence-corrected chi connectivity index (χ0v) is 9.16. The summed E-state index contributed by atoms with van der Waals surface area (Å²) in [5, 5.41) is 0. The lowest BCUT2D eigenvalue weighted by atomic mass is 10.2. The van der Waals surface area contributed by atoms with E-state index in [1.807, 2.05) is 32.1 Å². The zero-order chi connectivity index (χ0) is 10.8. The summed E-state index contributed by atoms with van der Waals surface area (Å²) in [6.45, 7) is 7.35. The molecule has 80 valence electrons. The minimum atomic E-state index is -0.153. The molecule has 0 heterocycles. The molecule has 0 aliphatic rings. The van der Waals surface area contributed by atoms with Crippen molar-refractivity contribution >= 4 is 5.97 Å². The summed E-state index contributed by atoms with van der Waals surface area (Å²) >= 11 is 0. The summed E-state index contributed by atoms with van der Waals surface area (Å²) in [5.74, 6) is -0.153. The second-order valence-electron chi connectivity index (χ2n) is 3.43. The van der Waals surface area contributed by atoms with Crippen LogP contribution in [0.3, 0.4) is 0 Å². The standard InChI is InChI=1S/C12H20O2/c1-4-5-6-7-8-9-10-12(13)14-11(2)3/h4,8-9,11H,1,5-7,10H2,2-3H3. The first-order valence-electron chi connectivity index (χ1n) is 5.12. The van der Waals surface area contributed by atoms with Crippen LogP contribution < -0.4 is 0 Å². The molecular weight excluding hydrogens is 176 g/mol. The van der Waals surface area contributed by atoms with Crippen molar-refractivity contribution in [2.24, 2.45) is 0 Å². The van der Waals surface area contributed by atoms with Crippen molar-refractivity contribution in [2.75, 3.05) is 0 Å². The molecule has 0 bridgehead atoms. The second kappa shape index (κ2) is 8.54. The van der Waals surface area contributed by atoms with Crippen LogP contribution in [0.1, 0.15) is 39.5 Å². The van der Waals surface area contributed by atoms with Crippen LogP contribution in [0.25, 0.3) is 0 Å². The lowest BCUT2D eigenvalue weighted by Gasteiger charge is -2.05. The highest BCUT2D eigenvalue weighted by molar-refractivity contribution is 5.71. The molecule has 0 atom stereocenters. The molecule has 2 heteroatoms. The molecule has 0 unspecified atom stereocenters. The Morgan fingerprint density at radius 1 is 1.36 bits per heavy atom. The lowest BCUT2D eigenvalue weighted by molar-refractivity contribution is -0.146. The number of carbonyl (C=O) groups excluding carboxylic acids is 1. The normalized spacial score (nSPS) is 10.8. The van der Waals surface area contributed by atoms with Crippen molar-refractivity contribution < 1.29 is 9.53 Å². The lowest BCUT2D eigenvalue weighted by Crippen LogP contribution is -2.09. The predicted octanol–water partition coefficient (Wildman–Crippen LogP) is 3.24. The molecular formula is C12H20O2. The van der Waals surface area contributed by atoms with Crippen LogP contribution in [0.5, 0.6) is 0 Å². The van der Waals surface area contributed by atoms with E-state index < -0.39 is 0 Å². The van der Waals surface area contributed by atoms with Crippen LogP contribution in [0.15, 0.2) is 24.8 Å². The van der Waals surface area contributed by atoms with E-state index >= 15 is 0 Å². The van der Waals surface area contributed by atoms with Gasteiger partial charge in [-0.3, -0.25) is 4.79 Å². The highest BCUT2D eigenvalue weighted by atomic mass is 16.5. The average Bonchev–Trinajstić information content (AvgIpc) is 2.10. The van der Waals surface area contributed by atoms with E-state index in [2.05, 4.69) is 6.58 Å². The van der Waals surface area contributed by atoms with Gasteiger partial charge in [0.25, 0.3) is 0 Å². The molecule has 0 aliphatic heterocycles. The number of ether oxygens (including phenoxy) is 1. The van der Waals surface area contributed by atoms with Crippen LogP contribution in [-0.4, -0.2) is 12.1 Å². The zero-order valence-electron chi connectivity index (χ0n) is 9.16. The third kappa shape index (κ3) is 9.04. The number of hydrogen-bond donors (Lipinski definition) is 0. The maximum Gasteiger partial charge on any atom is 0.309 e. The molecule has 0 spiro atoms. The molecule has 0 aromatic rings. The van der Waals surface area contributed by atoms with Crippen molar-refractivity contribution in [1.82, 2.24) is 0 Å².